The minimum Gasteiger partial charge on any atom is -0.481 e. The third-order valence-corrected chi connectivity index (χ3v) is 3.13. The molecule has 2 saturated heterocycles. The molecule has 0 spiro atoms. The van der Waals surface area contributed by atoms with Crippen LogP contribution in [0.25, 0.3) is 0 Å². The summed E-state index contributed by atoms with van der Waals surface area (Å²) in [6.07, 6.45) is -1.41. The van der Waals surface area contributed by atoms with Crippen LogP contribution in [0, 0.1) is 0 Å². The minimum atomic E-state index is -0.918. The van der Waals surface area contributed by atoms with Gasteiger partial charge >= 0.3 is 12.1 Å². The van der Waals surface area contributed by atoms with E-state index in [1.54, 1.807) is 4.90 Å². The summed E-state index contributed by atoms with van der Waals surface area (Å²) < 4.78 is 16.6. The van der Waals surface area contributed by atoms with Crippen LogP contribution in [-0.2, 0) is 19.0 Å². The highest BCUT2D eigenvalue weighted by atomic mass is 16.6. The highest BCUT2D eigenvalue weighted by Crippen LogP contribution is 2.25. The molecule has 0 aliphatic carbocycles. The Bertz CT molecular complexity index is 391. The number of amides is 1. The van der Waals surface area contributed by atoms with Gasteiger partial charge in [0.2, 0.25) is 0 Å². The Morgan fingerprint density at radius 3 is 2.55 bits per heavy atom. The quantitative estimate of drug-likeness (QED) is 0.811. The second-order valence-corrected chi connectivity index (χ2v) is 6.15. The van der Waals surface area contributed by atoms with Crippen molar-refractivity contribution in [3.8, 4) is 0 Å². The zero-order valence-electron chi connectivity index (χ0n) is 12.0. The van der Waals surface area contributed by atoms with E-state index in [4.69, 9.17) is 19.3 Å². The smallest absolute Gasteiger partial charge is 0.410 e. The number of carboxylic acids is 1. The Labute approximate surface area is 117 Å². The molecule has 2 aliphatic heterocycles. The van der Waals surface area contributed by atoms with E-state index >= 15 is 0 Å². The number of nitrogens with zero attached hydrogens (tertiary/aromatic N) is 1. The number of fused-ring (bicyclic) bond motifs is 1. The summed E-state index contributed by atoms with van der Waals surface area (Å²) in [4.78, 5) is 24.2. The number of carboxylic acid groups (broad SMARTS) is 1. The summed E-state index contributed by atoms with van der Waals surface area (Å²) in [7, 11) is 0. The van der Waals surface area contributed by atoms with Gasteiger partial charge < -0.3 is 24.2 Å². The molecule has 3 unspecified atom stereocenters. The Morgan fingerprint density at radius 2 is 1.95 bits per heavy atom. The summed E-state index contributed by atoms with van der Waals surface area (Å²) in [6.45, 7) is 6.46. The van der Waals surface area contributed by atoms with Gasteiger partial charge in [-0.05, 0) is 20.8 Å². The van der Waals surface area contributed by atoms with Crippen LogP contribution in [0.15, 0.2) is 0 Å². The number of hydrogen-bond acceptors (Lipinski definition) is 5. The molecule has 0 aromatic rings. The van der Waals surface area contributed by atoms with E-state index in [9.17, 15) is 9.59 Å². The topological polar surface area (TPSA) is 85.3 Å². The van der Waals surface area contributed by atoms with Gasteiger partial charge in [-0.1, -0.05) is 0 Å². The van der Waals surface area contributed by atoms with Crippen molar-refractivity contribution in [1.29, 1.82) is 0 Å². The standard InChI is InChI=1S/C13H21NO6/c1-13(2,3)20-12(17)14-5-9-10(6-14)19-8(7-18-9)4-11(15)16/h8-10H,4-7H2,1-3H3,(H,15,16). The van der Waals surface area contributed by atoms with Gasteiger partial charge in [0.05, 0.1) is 32.2 Å². The largest absolute Gasteiger partial charge is 0.481 e. The summed E-state index contributed by atoms with van der Waals surface area (Å²) in [5.74, 6) is -0.918. The van der Waals surface area contributed by atoms with Gasteiger partial charge in [0.1, 0.15) is 17.8 Å². The minimum absolute atomic E-state index is 0.0876. The SMILES string of the molecule is CC(C)(C)OC(=O)N1CC2OCC(CC(=O)O)OC2C1. The van der Waals surface area contributed by atoms with Crippen LogP contribution in [-0.4, -0.2) is 65.7 Å². The zero-order chi connectivity index (χ0) is 14.9. The van der Waals surface area contributed by atoms with Crippen LogP contribution >= 0.6 is 0 Å². The molecule has 20 heavy (non-hydrogen) atoms. The van der Waals surface area contributed by atoms with Crippen molar-refractivity contribution in [2.75, 3.05) is 19.7 Å². The summed E-state index contributed by atoms with van der Waals surface area (Å²) in [5, 5.41) is 8.75. The molecule has 2 heterocycles. The molecule has 114 valence electrons. The van der Waals surface area contributed by atoms with Gasteiger partial charge in [-0.15, -0.1) is 0 Å². The third-order valence-electron chi connectivity index (χ3n) is 3.13. The second-order valence-electron chi connectivity index (χ2n) is 6.15. The molecular formula is C13H21NO6. The summed E-state index contributed by atoms with van der Waals surface area (Å²) >= 11 is 0. The first kappa shape index (κ1) is 15.1. The van der Waals surface area contributed by atoms with Crippen molar-refractivity contribution >= 4 is 12.1 Å². The number of ether oxygens (including phenoxy) is 3. The fourth-order valence-electron chi connectivity index (χ4n) is 2.33. The fourth-order valence-corrected chi connectivity index (χ4v) is 2.33. The van der Waals surface area contributed by atoms with Crippen molar-refractivity contribution in [2.45, 2.75) is 51.1 Å². The number of likely N-dealkylation sites (tertiary alicyclic amines) is 1. The van der Waals surface area contributed by atoms with Crippen molar-refractivity contribution in [3.63, 3.8) is 0 Å². The van der Waals surface area contributed by atoms with Gasteiger partial charge in [0, 0.05) is 0 Å². The lowest BCUT2D eigenvalue weighted by Gasteiger charge is -2.30. The highest BCUT2D eigenvalue weighted by molar-refractivity contribution is 5.69. The highest BCUT2D eigenvalue weighted by Gasteiger charge is 2.42. The molecule has 2 rings (SSSR count). The Kier molecular flexibility index (Phi) is 4.19. The molecule has 0 radical (unpaired) electrons. The lowest BCUT2D eigenvalue weighted by Crippen LogP contribution is -2.43. The third kappa shape index (κ3) is 3.83. The number of rotatable bonds is 2. The van der Waals surface area contributed by atoms with E-state index in [-0.39, 0.29) is 25.2 Å². The second kappa shape index (κ2) is 5.57. The van der Waals surface area contributed by atoms with E-state index in [1.165, 1.54) is 0 Å². The first-order valence-electron chi connectivity index (χ1n) is 6.71. The van der Waals surface area contributed by atoms with E-state index < -0.39 is 23.8 Å². The van der Waals surface area contributed by atoms with Gasteiger partial charge in [0.25, 0.3) is 0 Å². The van der Waals surface area contributed by atoms with Crippen LogP contribution in [0.1, 0.15) is 27.2 Å². The first-order valence-corrected chi connectivity index (χ1v) is 6.71. The number of aliphatic carboxylic acids is 1. The van der Waals surface area contributed by atoms with Crippen molar-refractivity contribution in [1.82, 2.24) is 4.90 Å². The van der Waals surface area contributed by atoms with Gasteiger partial charge in [-0.3, -0.25) is 4.79 Å². The molecule has 0 aromatic heterocycles. The monoisotopic (exact) mass is 287 g/mol. The number of hydrogen-bond donors (Lipinski definition) is 1. The zero-order valence-corrected chi connectivity index (χ0v) is 12.0. The van der Waals surface area contributed by atoms with Crippen LogP contribution in [0.5, 0.6) is 0 Å². The molecule has 2 fully saturated rings. The molecule has 1 N–H and O–H groups in total. The normalized spacial score (nSPS) is 29.9. The van der Waals surface area contributed by atoms with Crippen molar-refractivity contribution in [2.24, 2.45) is 0 Å². The molecule has 3 atom stereocenters. The van der Waals surface area contributed by atoms with Crippen LogP contribution < -0.4 is 0 Å². The number of carbonyl (C=O) groups is 2. The molecule has 7 heteroatoms. The predicted molar refractivity (Wildman–Crippen MR) is 68.5 cm³/mol. The van der Waals surface area contributed by atoms with Gasteiger partial charge in [-0.25, -0.2) is 4.79 Å². The molecule has 1 amide bonds. The van der Waals surface area contributed by atoms with E-state index in [2.05, 4.69) is 0 Å². The van der Waals surface area contributed by atoms with E-state index in [0.717, 1.165) is 0 Å². The van der Waals surface area contributed by atoms with Gasteiger partial charge in [-0.2, -0.15) is 0 Å². The summed E-state index contributed by atoms with van der Waals surface area (Å²) in [6, 6.07) is 0. The summed E-state index contributed by atoms with van der Waals surface area (Å²) in [5.41, 5.74) is -0.543. The van der Waals surface area contributed by atoms with Crippen LogP contribution in [0.3, 0.4) is 0 Å². The molecule has 2 aliphatic rings. The van der Waals surface area contributed by atoms with E-state index in [0.29, 0.717) is 13.1 Å². The molecule has 0 bridgehead atoms. The van der Waals surface area contributed by atoms with Gasteiger partial charge in [0.15, 0.2) is 0 Å². The van der Waals surface area contributed by atoms with Crippen molar-refractivity contribution < 1.29 is 28.9 Å². The van der Waals surface area contributed by atoms with Crippen LogP contribution in [0.4, 0.5) is 4.79 Å². The van der Waals surface area contributed by atoms with E-state index in [1.807, 2.05) is 20.8 Å². The average molecular weight is 287 g/mol. The molecular weight excluding hydrogens is 266 g/mol. The lowest BCUT2D eigenvalue weighted by molar-refractivity contribution is -0.171. The predicted octanol–water partition coefficient (Wildman–Crippen LogP) is 0.864. The Morgan fingerprint density at radius 1 is 1.30 bits per heavy atom. The molecule has 7 nitrogen and oxygen atoms in total. The first-order chi connectivity index (χ1) is 9.24. The Hall–Kier alpha value is -1.34. The Balaban J connectivity index is 1.88. The van der Waals surface area contributed by atoms with Crippen LogP contribution in [0.2, 0.25) is 0 Å². The maximum Gasteiger partial charge on any atom is 0.410 e. The maximum absolute atomic E-state index is 12.0. The maximum atomic E-state index is 12.0. The number of carbonyl (C=O) groups excluding carboxylic acids is 1. The molecule has 0 aromatic carbocycles. The average Bonchev–Trinajstić information content (AvgIpc) is 2.68. The fraction of sp³-hybridized carbons (Fsp3) is 0.846. The lowest BCUT2D eigenvalue weighted by atomic mass is 10.2. The molecule has 0 saturated carbocycles. The van der Waals surface area contributed by atoms with Crippen molar-refractivity contribution in [3.05, 3.63) is 0 Å².